The number of rotatable bonds is 3. The van der Waals surface area contributed by atoms with Crippen LogP contribution in [0.4, 0.5) is 0 Å². The summed E-state index contributed by atoms with van der Waals surface area (Å²) in [5.41, 5.74) is 3.35. The summed E-state index contributed by atoms with van der Waals surface area (Å²) in [6.45, 7) is 4.44. The van der Waals surface area contributed by atoms with E-state index in [1.165, 1.54) is 27.0 Å². The van der Waals surface area contributed by atoms with Gasteiger partial charge in [-0.15, -0.1) is 11.3 Å². The maximum Gasteiger partial charge on any atom is 0.266 e. The third-order valence-corrected chi connectivity index (χ3v) is 9.60. The van der Waals surface area contributed by atoms with E-state index in [1.54, 1.807) is 17.5 Å². The molecule has 1 aliphatic heterocycles. The number of aryl methyl sites for hydroxylation is 3. The highest BCUT2D eigenvalue weighted by molar-refractivity contribution is 7.91. The average Bonchev–Trinajstić information content (AvgIpc) is 3.31. The molecule has 0 saturated carbocycles. The fraction of sp³-hybridized carbons (Fsp3) is 0.400. The molecule has 0 radical (unpaired) electrons. The number of amides is 1. The van der Waals surface area contributed by atoms with Gasteiger partial charge >= 0.3 is 0 Å². The number of aromatic nitrogens is 1. The van der Waals surface area contributed by atoms with Crippen molar-refractivity contribution in [2.45, 2.75) is 43.4 Å². The van der Waals surface area contributed by atoms with Gasteiger partial charge in [0.15, 0.2) is 4.80 Å². The maximum absolute atomic E-state index is 13.1. The van der Waals surface area contributed by atoms with Gasteiger partial charge in [-0.05, 0) is 55.3 Å². The van der Waals surface area contributed by atoms with Crippen molar-refractivity contribution < 1.29 is 13.2 Å². The van der Waals surface area contributed by atoms with Crippen LogP contribution in [0.5, 0.6) is 0 Å². The van der Waals surface area contributed by atoms with Crippen LogP contribution in [0.1, 0.15) is 30.4 Å². The van der Waals surface area contributed by atoms with Crippen molar-refractivity contribution in [3.8, 4) is 0 Å². The van der Waals surface area contributed by atoms with Crippen LogP contribution in [0.3, 0.4) is 0 Å². The first-order valence-corrected chi connectivity index (χ1v) is 12.6. The molecule has 0 N–H and O–H groups in total. The Morgan fingerprint density at radius 1 is 1.24 bits per heavy atom. The van der Waals surface area contributed by atoms with Gasteiger partial charge in [-0.25, -0.2) is 8.42 Å². The zero-order valence-electron chi connectivity index (χ0n) is 16.6. The van der Waals surface area contributed by atoms with E-state index in [-0.39, 0.29) is 10.1 Å². The number of benzene rings is 1. The molecule has 1 aliphatic rings. The van der Waals surface area contributed by atoms with Crippen LogP contribution < -0.4 is 4.80 Å². The highest BCUT2D eigenvalue weighted by atomic mass is 32.2. The lowest BCUT2D eigenvalue weighted by molar-refractivity contribution is -0.122. The molecule has 1 amide bonds. The second-order valence-electron chi connectivity index (χ2n) is 7.38. The highest BCUT2D eigenvalue weighted by Crippen LogP contribution is 2.28. The molecule has 29 heavy (non-hydrogen) atoms. The number of fused-ring (bicyclic) bond motifs is 1. The summed E-state index contributed by atoms with van der Waals surface area (Å²) in [7, 11) is -1.79. The third kappa shape index (κ3) is 3.72. The second-order valence-corrected chi connectivity index (χ2v) is 11.5. The number of hydrogen-bond donors (Lipinski definition) is 0. The first-order chi connectivity index (χ1) is 13.8. The van der Waals surface area contributed by atoms with E-state index in [9.17, 15) is 13.2 Å². The number of thiazole rings is 1. The van der Waals surface area contributed by atoms with Crippen LogP contribution in [0.2, 0.25) is 0 Å². The largest absolute Gasteiger partial charge is 0.319 e. The van der Waals surface area contributed by atoms with Crippen molar-refractivity contribution in [3.63, 3.8) is 0 Å². The third-order valence-electron chi connectivity index (χ3n) is 5.24. The zero-order valence-corrected chi connectivity index (χ0v) is 19.0. The van der Waals surface area contributed by atoms with Crippen LogP contribution in [0.15, 0.2) is 38.8 Å². The first-order valence-electron chi connectivity index (χ1n) is 9.50. The second kappa shape index (κ2) is 7.79. The Hall–Kier alpha value is -1.81. The van der Waals surface area contributed by atoms with Crippen molar-refractivity contribution in [1.29, 1.82) is 0 Å². The molecule has 0 bridgehead atoms. The van der Waals surface area contributed by atoms with Gasteiger partial charge in [0, 0.05) is 13.6 Å². The molecular formula is C20H23N3O3S3. The lowest BCUT2D eigenvalue weighted by Crippen LogP contribution is -2.47. The minimum Gasteiger partial charge on any atom is -0.319 e. The molecule has 2 aromatic heterocycles. The van der Waals surface area contributed by atoms with Crippen LogP contribution in [-0.4, -0.2) is 35.8 Å². The summed E-state index contributed by atoms with van der Waals surface area (Å²) in [4.78, 5) is 18.1. The van der Waals surface area contributed by atoms with E-state index in [0.29, 0.717) is 17.8 Å². The van der Waals surface area contributed by atoms with Crippen LogP contribution >= 0.6 is 22.7 Å². The van der Waals surface area contributed by atoms with E-state index in [4.69, 9.17) is 0 Å². The lowest BCUT2D eigenvalue weighted by atomic mass is 10.0. The Balaban J connectivity index is 1.74. The van der Waals surface area contributed by atoms with Crippen LogP contribution in [0.25, 0.3) is 10.2 Å². The van der Waals surface area contributed by atoms with Crippen LogP contribution in [0, 0.1) is 13.8 Å². The van der Waals surface area contributed by atoms with E-state index in [1.807, 2.05) is 25.5 Å². The molecule has 3 aromatic rings. The van der Waals surface area contributed by atoms with Gasteiger partial charge < -0.3 is 4.57 Å². The zero-order chi connectivity index (χ0) is 20.8. The number of thiophene rings is 1. The minimum absolute atomic E-state index is 0.274. The number of piperidine rings is 1. The number of sulfonamides is 1. The molecule has 1 aromatic carbocycles. The molecule has 0 aliphatic carbocycles. The Morgan fingerprint density at radius 2 is 2.03 bits per heavy atom. The SMILES string of the molecule is Cc1cc(C)c2c(c1)sc(=NC(=O)C1CCCCN1S(=O)(=O)c1cccs1)n2C. The van der Waals surface area contributed by atoms with Gasteiger partial charge in [-0.2, -0.15) is 9.30 Å². The molecule has 1 fully saturated rings. The van der Waals surface area contributed by atoms with Crippen molar-refractivity contribution in [2.24, 2.45) is 12.0 Å². The Morgan fingerprint density at radius 3 is 2.76 bits per heavy atom. The molecule has 3 heterocycles. The predicted octanol–water partition coefficient (Wildman–Crippen LogP) is 3.59. The molecule has 0 spiro atoms. The molecule has 6 nitrogen and oxygen atoms in total. The molecule has 1 atom stereocenters. The van der Waals surface area contributed by atoms with Crippen molar-refractivity contribution in [3.05, 3.63) is 45.6 Å². The summed E-state index contributed by atoms with van der Waals surface area (Å²) >= 11 is 2.64. The molecule has 1 saturated heterocycles. The topological polar surface area (TPSA) is 71.7 Å². The monoisotopic (exact) mass is 449 g/mol. The normalized spacial score (nSPS) is 19.1. The van der Waals surface area contributed by atoms with Crippen LogP contribution in [-0.2, 0) is 21.9 Å². The predicted molar refractivity (Wildman–Crippen MR) is 117 cm³/mol. The minimum atomic E-state index is -3.68. The van der Waals surface area contributed by atoms with Crippen molar-refractivity contribution in [2.75, 3.05) is 6.54 Å². The van der Waals surface area contributed by atoms with Crippen molar-refractivity contribution in [1.82, 2.24) is 8.87 Å². The Bertz CT molecular complexity index is 1240. The molecular weight excluding hydrogens is 426 g/mol. The quantitative estimate of drug-likeness (QED) is 0.613. The molecule has 1 unspecified atom stereocenters. The lowest BCUT2D eigenvalue weighted by Gasteiger charge is -2.31. The smallest absolute Gasteiger partial charge is 0.266 e. The highest BCUT2D eigenvalue weighted by Gasteiger charge is 2.38. The fourth-order valence-corrected chi connectivity index (χ4v) is 7.89. The van der Waals surface area contributed by atoms with E-state index < -0.39 is 16.1 Å². The summed E-state index contributed by atoms with van der Waals surface area (Å²) in [6, 6.07) is 6.75. The van der Waals surface area contributed by atoms with Gasteiger partial charge in [-0.3, -0.25) is 4.79 Å². The summed E-state index contributed by atoms with van der Waals surface area (Å²) in [6.07, 6.45) is 2.07. The number of hydrogen-bond acceptors (Lipinski definition) is 5. The summed E-state index contributed by atoms with van der Waals surface area (Å²) < 4.78 is 30.7. The standard InChI is InChI=1S/C20H23N3O3S3/c1-13-11-14(2)18-16(12-13)28-20(22(18)3)21-19(24)15-7-4-5-9-23(15)29(25,26)17-8-6-10-27-17/h6,8,10-12,15H,4-5,7,9H2,1-3H3. The molecule has 154 valence electrons. The average molecular weight is 450 g/mol. The number of nitrogens with zero attached hydrogens (tertiary/aromatic N) is 3. The van der Waals surface area contributed by atoms with E-state index in [0.717, 1.165) is 34.2 Å². The molecule has 4 rings (SSSR count). The van der Waals surface area contributed by atoms with Gasteiger partial charge in [0.2, 0.25) is 0 Å². The van der Waals surface area contributed by atoms with Gasteiger partial charge in [-0.1, -0.05) is 29.9 Å². The molecule has 9 heteroatoms. The fourth-order valence-electron chi connectivity index (χ4n) is 3.92. The Labute approximate surface area is 178 Å². The van der Waals surface area contributed by atoms with Gasteiger partial charge in [0.25, 0.3) is 15.9 Å². The summed E-state index contributed by atoms with van der Waals surface area (Å²) in [5, 5.41) is 1.74. The van der Waals surface area contributed by atoms with E-state index in [2.05, 4.69) is 17.1 Å². The van der Waals surface area contributed by atoms with Gasteiger partial charge in [0.1, 0.15) is 10.3 Å². The van der Waals surface area contributed by atoms with Crippen molar-refractivity contribution >= 4 is 48.8 Å². The number of carbonyl (C=O) groups is 1. The summed E-state index contributed by atoms with van der Waals surface area (Å²) in [5.74, 6) is -0.388. The first kappa shape index (κ1) is 20.5. The van der Waals surface area contributed by atoms with E-state index >= 15 is 0 Å². The Kier molecular flexibility index (Phi) is 5.50. The van der Waals surface area contributed by atoms with Gasteiger partial charge in [0.05, 0.1) is 10.2 Å². The maximum atomic E-state index is 13.1. The number of carbonyl (C=O) groups excluding carboxylic acids is 1.